The number of likely N-dealkylation sites (N-methyl/N-ethyl adjacent to an activating group) is 1. The van der Waals surface area contributed by atoms with Crippen LogP contribution >= 0.6 is 0 Å². The largest absolute Gasteiger partial charge is 0.353 e. The van der Waals surface area contributed by atoms with Gasteiger partial charge in [-0.15, -0.1) is 0 Å². The SMILES string of the molecule is CCN[C@H](C)CNC(=O)C(C)NC(=O)C(C)(C)C. The van der Waals surface area contributed by atoms with Crippen molar-refractivity contribution in [3.8, 4) is 0 Å². The first kappa shape index (κ1) is 16.9. The second kappa shape index (κ2) is 7.36. The Bertz CT molecular complexity index is 284. The average Bonchev–Trinajstić information content (AvgIpc) is 2.24. The van der Waals surface area contributed by atoms with Gasteiger partial charge in [0.2, 0.25) is 11.8 Å². The van der Waals surface area contributed by atoms with Crippen molar-refractivity contribution in [2.45, 2.75) is 53.6 Å². The lowest BCUT2D eigenvalue weighted by Gasteiger charge is -2.22. The molecule has 0 aliphatic rings. The minimum atomic E-state index is -0.509. The molecule has 0 radical (unpaired) electrons. The molecular weight excluding hydrogens is 230 g/mol. The molecule has 0 aliphatic carbocycles. The van der Waals surface area contributed by atoms with Gasteiger partial charge < -0.3 is 16.0 Å². The molecule has 0 spiro atoms. The number of hydrogen-bond acceptors (Lipinski definition) is 3. The summed E-state index contributed by atoms with van der Waals surface area (Å²) in [6.07, 6.45) is 0. The van der Waals surface area contributed by atoms with Gasteiger partial charge >= 0.3 is 0 Å². The van der Waals surface area contributed by atoms with Gasteiger partial charge in [0.1, 0.15) is 6.04 Å². The zero-order valence-corrected chi connectivity index (χ0v) is 12.4. The van der Waals surface area contributed by atoms with E-state index in [-0.39, 0.29) is 17.9 Å². The van der Waals surface area contributed by atoms with Gasteiger partial charge in [0.05, 0.1) is 0 Å². The van der Waals surface area contributed by atoms with Crippen molar-refractivity contribution in [2.75, 3.05) is 13.1 Å². The van der Waals surface area contributed by atoms with E-state index in [9.17, 15) is 9.59 Å². The van der Waals surface area contributed by atoms with Crippen LogP contribution in [-0.4, -0.2) is 37.0 Å². The van der Waals surface area contributed by atoms with Crippen LogP contribution in [0.5, 0.6) is 0 Å². The van der Waals surface area contributed by atoms with E-state index >= 15 is 0 Å². The van der Waals surface area contributed by atoms with Crippen LogP contribution in [0.2, 0.25) is 0 Å². The van der Waals surface area contributed by atoms with Gasteiger partial charge in [0, 0.05) is 18.0 Å². The maximum Gasteiger partial charge on any atom is 0.242 e. The van der Waals surface area contributed by atoms with Crippen LogP contribution in [0.4, 0.5) is 0 Å². The molecule has 2 atom stereocenters. The highest BCUT2D eigenvalue weighted by Crippen LogP contribution is 2.12. The Morgan fingerprint density at radius 2 is 1.72 bits per heavy atom. The lowest BCUT2D eigenvalue weighted by Crippen LogP contribution is -2.50. The summed E-state index contributed by atoms with van der Waals surface area (Å²) in [5.74, 6) is -0.276. The van der Waals surface area contributed by atoms with E-state index < -0.39 is 11.5 Å². The van der Waals surface area contributed by atoms with Gasteiger partial charge in [-0.1, -0.05) is 27.7 Å². The number of carbonyl (C=O) groups excluding carboxylic acids is 2. The highest BCUT2D eigenvalue weighted by atomic mass is 16.2. The van der Waals surface area contributed by atoms with Crippen molar-refractivity contribution in [3.05, 3.63) is 0 Å². The van der Waals surface area contributed by atoms with Gasteiger partial charge in [-0.2, -0.15) is 0 Å². The summed E-state index contributed by atoms with van der Waals surface area (Å²) in [5.41, 5.74) is -0.481. The maximum absolute atomic E-state index is 11.8. The molecule has 2 amide bonds. The zero-order valence-electron chi connectivity index (χ0n) is 12.4. The molecule has 0 aromatic carbocycles. The van der Waals surface area contributed by atoms with E-state index in [2.05, 4.69) is 16.0 Å². The molecular formula is C13H27N3O2. The van der Waals surface area contributed by atoms with Gasteiger partial charge in [0.25, 0.3) is 0 Å². The predicted molar refractivity (Wildman–Crippen MR) is 73.2 cm³/mol. The Morgan fingerprint density at radius 3 is 2.17 bits per heavy atom. The van der Waals surface area contributed by atoms with Gasteiger partial charge in [-0.05, 0) is 20.4 Å². The van der Waals surface area contributed by atoms with E-state index in [0.29, 0.717) is 6.54 Å². The number of rotatable bonds is 6. The van der Waals surface area contributed by atoms with Gasteiger partial charge in [-0.3, -0.25) is 9.59 Å². The third-order valence-electron chi connectivity index (χ3n) is 2.56. The number of nitrogens with one attached hydrogen (secondary N) is 3. The van der Waals surface area contributed by atoms with Crippen molar-refractivity contribution in [1.29, 1.82) is 0 Å². The molecule has 0 aliphatic heterocycles. The fraction of sp³-hybridized carbons (Fsp3) is 0.846. The van der Waals surface area contributed by atoms with Crippen molar-refractivity contribution in [3.63, 3.8) is 0 Å². The zero-order chi connectivity index (χ0) is 14.3. The Balaban J connectivity index is 4.08. The number of amides is 2. The molecule has 106 valence electrons. The summed E-state index contributed by atoms with van der Waals surface area (Å²) in [6.45, 7) is 12.6. The highest BCUT2D eigenvalue weighted by molar-refractivity contribution is 5.89. The summed E-state index contributed by atoms with van der Waals surface area (Å²) in [4.78, 5) is 23.5. The number of carbonyl (C=O) groups is 2. The van der Waals surface area contributed by atoms with E-state index in [1.54, 1.807) is 6.92 Å². The topological polar surface area (TPSA) is 70.2 Å². The van der Waals surface area contributed by atoms with Crippen LogP contribution < -0.4 is 16.0 Å². The number of hydrogen-bond donors (Lipinski definition) is 3. The molecule has 0 saturated carbocycles. The first-order valence-electron chi connectivity index (χ1n) is 6.50. The summed E-state index contributed by atoms with van der Waals surface area (Å²) in [5, 5.41) is 8.71. The van der Waals surface area contributed by atoms with Crippen molar-refractivity contribution >= 4 is 11.8 Å². The molecule has 1 unspecified atom stereocenters. The van der Waals surface area contributed by atoms with Crippen molar-refractivity contribution < 1.29 is 9.59 Å². The second-order valence-corrected chi connectivity index (χ2v) is 5.65. The third kappa shape index (κ3) is 6.59. The smallest absolute Gasteiger partial charge is 0.242 e. The van der Waals surface area contributed by atoms with Crippen molar-refractivity contribution in [1.82, 2.24) is 16.0 Å². The predicted octanol–water partition coefficient (Wildman–Crippen LogP) is 0.651. The molecule has 0 saturated heterocycles. The molecule has 0 aromatic heterocycles. The Labute approximate surface area is 110 Å². The van der Waals surface area contributed by atoms with Crippen LogP contribution in [0.3, 0.4) is 0 Å². The molecule has 5 heteroatoms. The van der Waals surface area contributed by atoms with Gasteiger partial charge in [0.15, 0.2) is 0 Å². The molecule has 18 heavy (non-hydrogen) atoms. The Morgan fingerprint density at radius 1 is 1.17 bits per heavy atom. The van der Waals surface area contributed by atoms with Crippen LogP contribution in [0.25, 0.3) is 0 Å². The molecule has 5 nitrogen and oxygen atoms in total. The molecule has 0 bridgehead atoms. The van der Waals surface area contributed by atoms with Crippen LogP contribution in [0.1, 0.15) is 41.5 Å². The summed E-state index contributed by atoms with van der Waals surface area (Å²) >= 11 is 0. The van der Waals surface area contributed by atoms with Crippen LogP contribution in [-0.2, 0) is 9.59 Å². The Kier molecular flexibility index (Phi) is 6.91. The first-order valence-corrected chi connectivity index (χ1v) is 6.50. The lowest BCUT2D eigenvalue weighted by atomic mass is 9.95. The lowest BCUT2D eigenvalue weighted by molar-refractivity contribution is -0.133. The molecule has 0 fully saturated rings. The molecule has 0 rings (SSSR count). The fourth-order valence-corrected chi connectivity index (χ4v) is 1.31. The fourth-order valence-electron chi connectivity index (χ4n) is 1.31. The van der Waals surface area contributed by atoms with Gasteiger partial charge in [-0.25, -0.2) is 0 Å². The van der Waals surface area contributed by atoms with E-state index in [0.717, 1.165) is 6.54 Å². The first-order chi connectivity index (χ1) is 8.18. The van der Waals surface area contributed by atoms with Crippen molar-refractivity contribution in [2.24, 2.45) is 5.41 Å². The minimum absolute atomic E-state index is 0.120. The highest BCUT2D eigenvalue weighted by Gasteiger charge is 2.24. The van der Waals surface area contributed by atoms with E-state index in [1.807, 2.05) is 34.6 Å². The maximum atomic E-state index is 11.8. The standard InChI is InChI=1S/C13H27N3O2/c1-7-14-9(2)8-15-11(17)10(3)16-12(18)13(4,5)6/h9-10,14H,7-8H2,1-6H3,(H,15,17)(H,16,18)/t9-,10?/m1/s1. The monoisotopic (exact) mass is 257 g/mol. The average molecular weight is 257 g/mol. The second-order valence-electron chi connectivity index (χ2n) is 5.65. The third-order valence-corrected chi connectivity index (χ3v) is 2.56. The normalized spacial score (nSPS) is 14.8. The van der Waals surface area contributed by atoms with Crippen LogP contribution in [0, 0.1) is 5.41 Å². The summed E-state index contributed by atoms with van der Waals surface area (Å²) < 4.78 is 0. The molecule has 0 heterocycles. The van der Waals surface area contributed by atoms with E-state index in [4.69, 9.17) is 0 Å². The minimum Gasteiger partial charge on any atom is -0.353 e. The quantitative estimate of drug-likeness (QED) is 0.654. The molecule has 0 aromatic rings. The molecule has 3 N–H and O–H groups in total. The summed E-state index contributed by atoms with van der Waals surface area (Å²) in [6, 6.07) is -0.282. The Hall–Kier alpha value is -1.10. The van der Waals surface area contributed by atoms with Crippen LogP contribution in [0.15, 0.2) is 0 Å². The van der Waals surface area contributed by atoms with E-state index in [1.165, 1.54) is 0 Å². The summed E-state index contributed by atoms with van der Waals surface area (Å²) in [7, 11) is 0.